The molecule has 3 atom stereocenters. The first kappa shape index (κ1) is 36.2. The Morgan fingerprint density at radius 2 is 1.62 bits per heavy atom. The van der Waals surface area contributed by atoms with E-state index in [1.807, 2.05) is 0 Å². The summed E-state index contributed by atoms with van der Waals surface area (Å²) in [6.07, 6.45) is 6.91. The highest BCUT2D eigenvalue weighted by Crippen LogP contribution is 2.24. The molecule has 0 saturated heterocycles. The molecule has 10 heteroatoms. The van der Waals surface area contributed by atoms with Gasteiger partial charge in [0.15, 0.2) is 5.78 Å². The van der Waals surface area contributed by atoms with Crippen molar-refractivity contribution in [3.05, 3.63) is 36.0 Å². The van der Waals surface area contributed by atoms with Crippen LogP contribution in [0, 0.1) is 16.7 Å². The molecule has 0 saturated carbocycles. The monoisotopic (exact) mass is 554 g/mol. The molecule has 1 N–H and O–H groups in total. The third-order valence-electron chi connectivity index (χ3n) is 5.63. The summed E-state index contributed by atoms with van der Waals surface area (Å²) in [6.45, 7) is 11.3. The molecule has 0 amide bonds. The Hall–Kier alpha value is -2.82. The second-order valence-corrected chi connectivity index (χ2v) is 10.8. The number of aliphatic hydroxyl groups is 1. The summed E-state index contributed by atoms with van der Waals surface area (Å²) >= 11 is 0. The van der Waals surface area contributed by atoms with Gasteiger partial charge in [0.2, 0.25) is 0 Å². The molecule has 0 aromatic heterocycles. The summed E-state index contributed by atoms with van der Waals surface area (Å²) in [5.41, 5.74) is -1.04. The molecule has 0 aromatic carbocycles. The lowest BCUT2D eigenvalue weighted by molar-refractivity contribution is -0.159. The average molecular weight is 555 g/mol. The predicted molar refractivity (Wildman–Crippen MR) is 145 cm³/mol. The van der Waals surface area contributed by atoms with Crippen molar-refractivity contribution in [3.8, 4) is 0 Å². The maximum atomic E-state index is 12.5. The fraction of sp³-hybridized carbons (Fsp3) is 0.655. The molecule has 0 rings (SSSR count). The molecule has 0 fully saturated rings. The van der Waals surface area contributed by atoms with Crippen molar-refractivity contribution in [2.75, 3.05) is 34.2 Å². The number of rotatable bonds is 17. The van der Waals surface area contributed by atoms with Gasteiger partial charge in [-0.1, -0.05) is 24.3 Å². The summed E-state index contributed by atoms with van der Waals surface area (Å²) in [5.74, 6) is -2.28. The number of hydrogen-bond acceptors (Lipinski definition) is 10. The van der Waals surface area contributed by atoms with Crippen molar-refractivity contribution in [1.29, 1.82) is 0 Å². The third-order valence-corrected chi connectivity index (χ3v) is 5.63. The zero-order chi connectivity index (χ0) is 30.2. The van der Waals surface area contributed by atoms with Gasteiger partial charge in [0.05, 0.1) is 31.8 Å². The zero-order valence-electron chi connectivity index (χ0n) is 24.8. The number of carbonyl (C=O) groups excluding carboxylic acids is 4. The molecule has 0 heterocycles. The van der Waals surface area contributed by atoms with Crippen LogP contribution in [0.1, 0.15) is 61.3 Å². The lowest BCUT2D eigenvalue weighted by Gasteiger charge is -2.28. The van der Waals surface area contributed by atoms with Crippen LogP contribution in [0.15, 0.2) is 36.0 Å². The summed E-state index contributed by atoms with van der Waals surface area (Å²) in [4.78, 5) is 48.2. The van der Waals surface area contributed by atoms with Crippen LogP contribution in [0.5, 0.6) is 0 Å². The number of hydrogen-bond donors (Lipinski definition) is 1. The van der Waals surface area contributed by atoms with E-state index in [9.17, 15) is 24.3 Å². The maximum absolute atomic E-state index is 12.5. The van der Waals surface area contributed by atoms with E-state index in [2.05, 4.69) is 4.74 Å². The van der Waals surface area contributed by atoms with Crippen molar-refractivity contribution >= 4 is 23.7 Å². The van der Waals surface area contributed by atoms with E-state index in [0.717, 1.165) is 0 Å². The molecule has 0 aromatic rings. The van der Waals surface area contributed by atoms with Gasteiger partial charge in [-0.3, -0.25) is 19.2 Å². The van der Waals surface area contributed by atoms with E-state index in [0.29, 0.717) is 5.57 Å². The molecule has 0 bridgehead atoms. The molecule has 0 spiro atoms. The number of carbonyl (C=O) groups is 4. The van der Waals surface area contributed by atoms with Gasteiger partial charge >= 0.3 is 17.9 Å². The van der Waals surface area contributed by atoms with Gasteiger partial charge in [-0.05, 0) is 59.6 Å². The number of allylic oxidation sites excluding steroid dienone is 3. The van der Waals surface area contributed by atoms with Crippen molar-refractivity contribution < 1.29 is 48.0 Å². The molecular weight excluding hydrogens is 508 g/mol. The minimum atomic E-state index is -0.921. The number of Topliss-reactive ketones (excluding diaryl/α,β-unsaturated/α-hetero) is 1. The highest BCUT2D eigenvalue weighted by molar-refractivity contribution is 5.99. The van der Waals surface area contributed by atoms with Gasteiger partial charge in [-0.25, -0.2) is 0 Å². The van der Waals surface area contributed by atoms with E-state index in [1.54, 1.807) is 71.9 Å². The zero-order valence-corrected chi connectivity index (χ0v) is 24.8. The van der Waals surface area contributed by atoms with Gasteiger partial charge < -0.3 is 28.8 Å². The van der Waals surface area contributed by atoms with Crippen LogP contribution in [0.3, 0.4) is 0 Å². The largest absolute Gasteiger partial charge is 0.469 e. The van der Waals surface area contributed by atoms with Crippen LogP contribution in [-0.2, 0) is 42.9 Å². The number of methoxy groups -OCH3 is 2. The molecule has 222 valence electrons. The van der Waals surface area contributed by atoms with Crippen molar-refractivity contribution in [3.63, 3.8) is 0 Å². The van der Waals surface area contributed by atoms with E-state index in [1.165, 1.54) is 21.1 Å². The van der Waals surface area contributed by atoms with Gasteiger partial charge in [-0.15, -0.1) is 0 Å². The minimum Gasteiger partial charge on any atom is -0.469 e. The second kappa shape index (κ2) is 17.7. The first-order chi connectivity index (χ1) is 18.1. The smallest absolute Gasteiger partial charge is 0.313 e. The highest BCUT2D eigenvalue weighted by atomic mass is 16.7. The van der Waals surface area contributed by atoms with Crippen LogP contribution in [0.2, 0.25) is 0 Å². The molecule has 0 aliphatic rings. The molecule has 0 radical (unpaired) electrons. The molecule has 0 aliphatic carbocycles. The van der Waals surface area contributed by atoms with Gasteiger partial charge in [-0.2, -0.15) is 0 Å². The van der Waals surface area contributed by atoms with Gasteiger partial charge in [0, 0.05) is 25.4 Å². The van der Waals surface area contributed by atoms with E-state index < -0.39 is 46.9 Å². The summed E-state index contributed by atoms with van der Waals surface area (Å²) < 4.78 is 26.6. The minimum absolute atomic E-state index is 0.0363. The first-order valence-electron chi connectivity index (χ1n) is 12.8. The van der Waals surface area contributed by atoms with Crippen LogP contribution < -0.4 is 0 Å². The lowest BCUT2D eigenvalue weighted by atomic mass is 9.86. The van der Waals surface area contributed by atoms with E-state index in [-0.39, 0.29) is 38.6 Å². The predicted octanol–water partition coefficient (Wildman–Crippen LogP) is 3.71. The Kier molecular flexibility index (Phi) is 16.4. The van der Waals surface area contributed by atoms with Crippen LogP contribution in [0.4, 0.5) is 0 Å². The van der Waals surface area contributed by atoms with Crippen molar-refractivity contribution in [2.45, 2.75) is 73.5 Å². The Morgan fingerprint density at radius 1 is 0.974 bits per heavy atom. The fourth-order valence-corrected chi connectivity index (χ4v) is 3.22. The quantitative estimate of drug-likeness (QED) is 0.0708. The second-order valence-electron chi connectivity index (χ2n) is 10.8. The Morgan fingerprint density at radius 3 is 2.13 bits per heavy atom. The number of aliphatic hydroxyl groups excluding tert-OH is 1. The van der Waals surface area contributed by atoms with Crippen LogP contribution >= 0.6 is 0 Å². The Bertz CT molecular complexity index is 892. The third kappa shape index (κ3) is 15.4. The van der Waals surface area contributed by atoms with E-state index in [4.69, 9.17) is 18.9 Å². The maximum Gasteiger partial charge on any atom is 0.313 e. The lowest BCUT2D eigenvalue weighted by Crippen LogP contribution is -2.34. The van der Waals surface area contributed by atoms with Crippen molar-refractivity contribution in [1.82, 2.24) is 0 Å². The SMILES string of the molecule is COCO[C@H](/C=C/C=C/C(C)(C)C(=O)CC(=O)OC)[C@@H](COC(=O)C(C)(C)C)CC(/C=C(\C)CO)OC(C)=O. The molecule has 1 unspecified atom stereocenters. The summed E-state index contributed by atoms with van der Waals surface area (Å²) in [5, 5.41) is 9.47. The highest BCUT2D eigenvalue weighted by Gasteiger charge is 2.30. The molecule has 39 heavy (non-hydrogen) atoms. The average Bonchev–Trinajstić information content (AvgIpc) is 2.84. The molecule has 0 aliphatic heterocycles. The van der Waals surface area contributed by atoms with Gasteiger partial charge in [0.25, 0.3) is 0 Å². The van der Waals surface area contributed by atoms with Crippen molar-refractivity contribution in [2.24, 2.45) is 16.7 Å². The standard InChI is InChI=1S/C29H46O10/c1-20(17-30)14-23(39-21(2)31)15-22(18-37-27(34)28(3,4)5)24(38-19-35-8)12-10-11-13-29(6,7)25(32)16-26(33)36-9/h10-14,22-24,30H,15-19H2,1-9H3/b12-10+,13-11+,20-14+/t22-,23?,24-/m1/s1. The normalized spacial score (nSPS) is 15.2. The molecular formula is C29H46O10. The van der Waals surface area contributed by atoms with Crippen LogP contribution in [-0.4, -0.2) is 75.2 Å². The molecule has 10 nitrogen and oxygen atoms in total. The Balaban J connectivity index is 6.09. The number of esters is 3. The first-order valence-corrected chi connectivity index (χ1v) is 12.8. The summed E-state index contributed by atoms with van der Waals surface area (Å²) in [6, 6.07) is 0. The topological polar surface area (TPSA) is 135 Å². The van der Waals surface area contributed by atoms with Crippen LogP contribution in [0.25, 0.3) is 0 Å². The van der Waals surface area contributed by atoms with Gasteiger partial charge in [0.1, 0.15) is 19.3 Å². The Labute approximate surface area is 232 Å². The number of ether oxygens (including phenoxy) is 5. The number of ketones is 1. The fourth-order valence-electron chi connectivity index (χ4n) is 3.22. The van der Waals surface area contributed by atoms with E-state index >= 15 is 0 Å². The summed E-state index contributed by atoms with van der Waals surface area (Å²) in [7, 11) is 2.70.